The van der Waals surface area contributed by atoms with Gasteiger partial charge in [0.25, 0.3) is 12.3 Å². The Morgan fingerprint density at radius 1 is 0.927 bits per heavy atom. The monoisotopic (exact) mass is 626 g/mol. The number of nitrogens with zero attached hydrogens (tertiary/aromatic N) is 1. The summed E-state index contributed by atoms with van der Waals surface area (Å²) in [6.07, 6.45) is -7.40. The van der Waals surface area contributed by atoms with Crippen LogP contribution in [0, 0.1) is 0 Å². The number of rotatable bonds is 17. The number of carbonyl (C=O) groups is 3. The van der Waals surface area contributed by atoms with Gasteiger partial charge < -0.3 is 4.90 Å². The van der Waals surface area contributed by atoms with E-state index >= 15 is 0 Å². The molecule has 1 aromatic rings. The molecule has 1 aromatic carbocycles. The van der Waals surface area contributed by atoms with E-state index < -0.39 is 58.2 Å². The number of hydrogen-bond acceptors (Lipinski definition) is 6. The minimum atomic E-state index is -4.03. The van der Waals surface area contributed by atoms with Crippen LogP contribution in [0.1, 0.15) is 73.7 Å². The Hall–Kier alpha value is -2.22. The standard InChI is InChI=1S/C27H35F5N2O5S2/c28-19(23(29)24(30)25(31)32)16-41(38,39)14-7-5-3-1-2-4-6-13-40-21-10-8-9-17-18(21)15-34(27(17)37)20-11-12-22(35)33-26(20)36/h8-10,19-20,23-25H,1-7,11-16H2,(H,33,35,36). The molecule has 230 valence electrons. The Labute approximate surface area is 240 Å². The number of benzene rings is 1. The van der Waals surface area contributed by atoms with Crippen molar-refractivity contribution >= 4 is 39.3 Å². The van der Waals surface area contributed by atoms with E-state index in [2.05, 4.69) is 5.32 Å². The normalized spacial score (nSPS) is 19.8. The largest absolute Gasteiger partial charge is 0.322 e. The second-order valence-corrected chi connectivity index (χ2v) is 13.7. The van der Waals surface area contributed by atoms with Gasteiger partial charge >= 0.3 is 0 Å². The number of imide groups is 1. The molecule has 2 heterocycles. The van der Waals surface area contributed by atoms with E-state index in [4.69, 9.17) is 0 Å². The van der Waals surface area contributed by atoms with Crippen molar-refractivity contribution in [2.45, 2.75) is 100 Å². The van der Waals surface area contributed by atoms with Crippen molar-refractivity contribution in [1.29, 1.82) is 0 Å². The van der Waals surface area contributed by atoms with Crippen molar-refractivity contribution < 1.29 is 44.8 Å². The highest BCUT2D eigenvalue weighted by molar-refractivity contribution is 7.99. The van der Waals surface area contributed by atoms with Crippen LogP contribution in [0.2, 0.25) is 0 Å². The zero-order valence-corrected chi connectivity index (χ0v) is 24.1. The SMILES string of the molecule is O=C1CCC(N2Cc3c(SCCCCCCCCCS(=O)(=O)CC(F)C(F)C(F)C(F)F)cccc3C2=O)C(=O)N1. The summed E-state index contributed by atoms with van der Waals surface area (Å²) in [7, 11) is -4.03. The Morgan fingerprint density at radius 3 is 2.24 bits per heavy atom. The van der Waals surface area contributed by atoms with E-state index in [0.29, 0.717) is 24.9 Å². The van der Waals surface area contributed by atoms with Gasteiger partial charge in [-0.3, -0.25) is 19.7 Å². The van der Waals surface area contributed by atoms with E-state index in [1.54, 1.807) is 17.8 Å². The molecule has 2 aliphatic heterocycles. The van der Waals surface area contributed by atoms with Gasteiger partial charge in [-0.1, -0.05) is 38.2 Å². The molecule has 0 aromatic heterocycles. The number of fused-ring (bicyclic) bond motifs is 1. The molecular weight excluding hydrogens is 591 g/mol. The molecule has 0 radical (unpaired) electrons. The molecule has 1 N–H and O–H groups in total. The van der Waals surface area contributed by atoms with Crippen molar-refractivity contribution in [3.63, 3.8) is 0 Å². The molecule has 0 spiro atoms. The highest BCUT2D eigenvalue weighted by Gasteiger charge is 2.40. The molecule has 7 nitrogen and oxygen atoms in total. The number of halogens is 5. The number of thioether (sulfide) groups is 1. The molecular formula is C27H35F5N2O5S2. The van der Waals surface area contributed by atoms with Crippen LogP contribution in [0.25, 0.3) is 0 Å². The van der Waals surface area contributed by atoms with Crippen molar-refractivity contribution in [3.05, 3.63) is 29.3 Å². The summed E-state index contributed by atoms with van der Waals surface area (Å²) >= 11 is 1.64. The highest BCUT2D eigenvalue weighted by atomic mass is 32.2. The van der Waals surface area contributed by atoms with Crippen molar-refractivity contribution in [1.82, 2.24) is 10.2 Å². The van der Waals surface area contributed by atoms with Crippen LogP contribution in [-0.4, -0.2) is 79.3 Å². The maximum absolute atomic E-state index is 13.6. The van der Waals surface area contributed by atoms with E-state index in [9.17, 15) is 44.8 Å². The van der Waals surface area contributed by atoms with Gasteiger partial charge in [0.2, 0.25) is 11.8 Å². The summed E-state index contributed by atoms with van der Waals surface area (Å²) in [5.74, 6) is -1.88. The van der Waals surface area contributed by atoms with Gasteiger partial charge in [0.05, 0.1) is 11.5 Å². The van der Waals surface area contributed by atoms with Gasteiger partial charge in [0, 0.05) is 23.4 Å². The lowest BCUT2D eigenvalue weighted by Gasteiger charge is -2.29. The minimum absolute atomic E-state index is 0.200. The van der Waals surface area contributed by atoms with Gasteiger partial charge in [0.1, 0.15) is 12.2 Å². The van der Waals surface area contributed by atoms with Crippen molar-refractivity contribution in [2.24, 2.45) is 0 Å². The lowest BCUT2D eigenvalue weighted by atomic mass is 10.0. The summed E-state index contributed by atoms with van der Waals surface area (Å²) in [5, 5.41) is 2.30. The zero-order valence-electron chi connectivity index (χ0n) is 22.5. The lowest BCUT2D eigenvalue weighted by Crippen LogP contribution is -2.52. The third-order valence-electron chi connectivity index (χ3n) is 7.20. The minimum Gasteiger partial charge on any atom is -0.322 e. The summed E-state index contributed by atoms with van der Waals surface area (Å²) in [6, 6.07) is 4.86. The van der Waals surface area contributed by atoms with Crippen LogP contribution in [0.4, 0.5) is 22.0 Å². The first-order valence-corrected chi connectivity index (χ1v) is 16.5. The van der Waals surface area contributed by atoms with Crippen LogP contribution >= 0.6 is 11.8 Å². The van der Waals surface area contributed by atoms with Crippen LogP contribution in [0.5, 0.6) is 0 Å². The number of unbranched alkanes of at least 4 members (excludes halogenated alkanes) is 6. The number of alkyl halides is 5. The Balaban J connectivity index is 1.30. The van der Waals surface area contributed by atoms with Crippen molar-refractivity contribution in [3.8, 4) is 0 Å². The second-order valence-electron chi connectivity index (χ2n) is 10.4. The van der Waals surface area contributed by atoms with E-state index in [1.165, 1.54) is 4.90 Å². The maximum Gasteiger partial charge on any atom is 0.272 e. The Morgan fingerprint density at radius 2 is 1.59 bits per heavy atom. The fourth-order valence-corrected chi connectivity index (χ4v) is 7.51. The number of sulfone groups is 1. The van der Waals surface area contributed by atoms with Gasteiger partial charge in [-0.15, -0.1) is 11.8 Å². The maximum atomic E-state index is 13.6. The summed E-state index contributed by atoms with van der Waals surface area (Å²) < 4.78 is 88.0. The summed E-state index contributed by atoms with van der Waals surface area (Å²) in [6.45, 7) is 0.325. The summed E-state index contributed by atoms with van der Waals surface area (Å²) in [5.41, 5.74) is 1.47. The smallest absolute Gasteiger partial charge is 0.272 e. The number of piperidine rings is 1. The fourth-order valence-electron chi connectivity index (χ4n) is 4.94. The average molecular weight is 627 g/mol. The Bertz CT molecular complexity index is 1190. The predicted molar refractivity (Wildman–Crippen MR) is 145 cm³/mol. The van der Waals surface area contributed by atoms with Gasteiger partial charge in [-0.05, 0) is 42.7 Å². The number of carbonyl (C=O) groups excluding carboxylic acids is 3. The third kappa shape index (κ3) is 9.39. The molecule has 0 saturated carbocycles. The van der Waals surface area contributed by atoms with Crippen LogP contribution in [0.3, 0.4) is 0 Å². The molecule has 1 fully saturated rings. The van der Waals surface area contributed by atoms with Gasteiger partial charge in [-0.2, -0.15) is 0 Å². The molecule has 14 heteroatoms. The number of amides is 3. The van der Waals surface area contributed by atoms with Crippen LogP contribution < -0.4 is 5.32 Å². The molecule has 41 heavy (non-hydrogen) atoms. The van der Waals surface area contributed by atoms with Gasteiger partial charge in [-0.25, -0.2) is 30.4 Å². The topological polar surface area (TPSA) is 101 Å². The molecule has 4 unspecified atom stereocenters. The van der Waals surface area contributed by atoms with Crippen LogP contribution in [-0.2, 0) is 26.0 Å². The zero-order chi connectivity index (χ0) is 30.2. The van der Waals surface area contributed by atoms with Crippen LogP contribution in [0.15, 0.2) is 23.1 Å². The van der Waals surface area contributed by atoms with E-state index in [1.807, 2.05) is 12.1 Å². The van der Waals surface area contributed by atoms with Gasteiger partial charge in [0.15, 0.2) is 22.2 Å². The molecule has 0 aliphatic carbocycles. The van der Waals surface area contributed by atoms with E-state index in [0.717, 1.165) is 48.3 Å². The average Bonchev–Trinajstić information content (AvgIpc) is 3.25. The molecule has 1 saturated heterocycles. The van der Waals surface area contributed by atoms with E-state index in [-0.39, 0.29) is 24.7 Å². The molecule has 0 bridgehead atoms. The molecule has 2 aliphatic rings. The van der Waals surface area contributed by atoms with Crippen molar-refractivity contribution in [2.75, 3.05) is 17.3 Å². The lowest BCUT2D eigenvalue weighted by molar-refractivity contribution is -0.136. The first-order valence-electron chi connectivity index (χ1n) is 13.7. The molecule has 3 rings (SSSR count). The second kappa shape index (κ2) is 15.3. The third-order valence-corrected chi connectivity index (χ3v) is 10.1. The Kier molecular flexibility index (Phi) is 12.4. The predicted octanol–water partition coefficient (Wildman–Crippen LogP) is 4.96. The number of hydrogen-bond donors (Lipinski definition) is 1. The first kappa shape index (κ1) is 33.3. The summed E-state index contributed by atoms with van der Waals surface area (Å²) in [4.78, 5) is 39.1. The first-order chi connectivity index (χ1) is 19.4. The highest BCUT2D eigenvalue weighted by Crippen LogP contribution is 2.34. The fraction of sp³-hybridized carbons (Fsp3) is 0.667. The molecule has 4 atom stereocenters. The molecule has 3 amide bonds. The number of nitrogens with one attached hydrogen (secondary N) is 1. The quantitative estimate of drug-likeness (QED) is 0.114.